The first-order chi connectivity index (χ1) is 18.4. The monoisotopic (exact) mass is 558 g/mol. The highest BCUT2D eigenvalue weighted by Crippen LogP contribution is 2.26. The molecule has 1 aromatic carbocycles. The van der Waals surface area contributed by atoms with Crippen molar-refractivity contribution in [3.05, 3.63) is 41.8 Å². The highest BCUT2D eigenvalue weighted by atomic mass is 32.2. The highest BCUT2D eigenvalue weighted by Gasteiger charge is 2.35. The minimum absolute atomic E-state index is 0.0446. The third-order valence-electron chi connectivity index (χ3n) is 6.15. The van der Waals surface area contributed by atoms with Crippen LogP contribution in [0.2, 0.25) is 0 Å². The number of nitrogens with zero attached hydrogens (tertiary/aromatic N) is 2. The van der Waals surface area contributed by atoms with E-state index in [4.69, 9.17) is 9.15 Å². The molecule has 2 N–H and O–H groups in total. The van der Waals surface area contributed by atoms with Crippen LogP contribution in [0.25, 0.3) is 0 Å². The first-order valence-corrected chi connectivity index (χ1v) is 14.3. The van der Waals surface area contributed by atoms with Crippen molar-refractivity contribution < 1.29 is 28.3 Å². The molecular weight excluding hydrogens is 520 g/mol. The summed E-state index contributed by atoms with van der Waals surface area (Å²) in [5.74, 6) is -2.08. The third kappa shape index (κ3) is 9.49. The molecule has 0 saturated heterocycles. The summed E-state index contributed by atoms with van der Waals surface area (Å²) in [5, 5.41) is 13.7. The molecule has 1 fully saturated rings. The lowest BCUT2D eigenvalue weighted by molar-refractivity contribution is -0.151. The van der Waals surface area contributed by atoms with Gasteiger partial charge < -0.3 is 19.8 Å². The number of ether oxygens (including phenoxy) is 1. The van der Waals surface area contributed by atoms with Crippen molar-refractivity contribution in [1.29, 1.82) is 0 Å². The van der Waals surface area contributed by atoms with E-state index in [1.54, 1.807) is 45.0 Å². The van der Waals surface area contributed by atoms with E-state index in [-0.39, 0.29) is 40.6 Å². The number of rotatable bonds is 11. The first-order valence-electron chi connectivity index (χ1n) is 13.3. The maximum Gasteiger partial charge on any atom is 0.316 e. The van der Waals surface area contributed by atoms with Crippen LogP contribution in [-0.4, -0.2) is 57.2 Å². The Balaban J connectivity index is 1.65. The van der Waals surface area contributed by atoms with Crippen LogP contribution in [-0.2, 0) is 14.3 Å². The van der Waals surface area contributed by atoms with Crippen molar-refractivity contribution >= 4 is 35.3 Å². The summed E-state index contributed by atoms with van der Waals surface area (Å²) >= 11 is 0.979. The smallest absolute Gasteiger partial charge is 0.316 e. The largest absolute Gasteiger partial charge is 0.459 e. The lowest BCUT2D eigenvalue weighted by Gasteiger charge is -2.32. The molecule has 3 rings (SSSR count). The van der Waals surface area contributed by atoms with Crippen LogP contribution in [0, 0.1) is 11.8 Å². The second-order valence-corrected chi connectivity index (χ2v) is 12.1. The number of esters is 1. The Morgan fingerprint density at radius 1 is 1.08 bits per heavy atom. The molecule has 0 unspecified atom stereocenters. The summed E-state index contributed by atoms with van der Waals surface area (Å²) < 4.78 is 10.8. The molecule has 1 heterocycles. The number of amides is 2. The van der Waals surface area contributed by atoms with Gasteiger partial charge in [0.1, 0.15) is 11.4 Å². The molecule has 0 radical (unpaired) electrons. The van der Waals surface area contributed by atoms with Gasteiger partial charge in [0.2, 0.25) is 11.7 Å². The van der Waals surface area contributed by atoms with Crippen molar-refractivity contribution in [2.45, 2.75) is 89.6 Å². The Bertz CT molecular complexity index is 1140. The average Bonchev–Trinajstić information content (AvgIpc) is 3.35. The number of thioether (sulfide) groups is 1. The Morgan fingerprint density at radius 3 is 2.44 bits per heavy atom. The van der Waals surface area contributed by atoms with Crippen LogP contribution in [0.1, 0.15) is 87.8 Å². The maximum absolute atomic E-state index is 13.4. The van der Waals surface area contributed by atoms with Crippen LogP contribution >= 0.6 is 11.8 Å². The van der Waals surface area contributed by atoms with Gasteiger partial charge >= 0.3 is 5.97 Å². The van der Waals surface area contributed by atoms with Crippen LogP contribution in [0.5, 0.6) is 0 Å². The topological polar surface area (TPSA) is 140 Å². The normalized spacial score (nSPS) is 18.3. The molecule has 2 amide bonds. The Labute approximate surface area is 233 Å². The summed E-state index contributed by atoms with van der Waals surface area (Å²) in [7, 11) is 0. The van der Waals surface area contributed by atoms with E-state index < -0.39 is 29.3 Å². The predicted octanol–water partition coefficient (Wildman–Crippen LogP) is 4.21. The van der Waals surface area contributed by atoms with Crippen molar-refractivity contribution in [3.8, 4) is 0 Å². The van der Waals surface area contributed by atoms with Gasteiger partial charge in [-0.15, -0.1) is 10.2 Å². The van der Waals surface area contributed by atoms with Gasteiger partial charge in [-0.05, 0) is 58.1 Å². The molecule has 2 aromatic rings. The van der Waals surface area contributed by atoms with Gasteiger partial charge in [-0.3, -0.25) is 19.2 Å². The number of carbonyl (C=O) groups is 4. The van der Waals surface area contributed by atoms with Gasteiger partial charge in [-0.25, -0.2) is 0 Å². The molecule has 0 bridgehead atoms. The minimum Gasteiger partial charge on any atom is -0.459 e. The molecule has 0 spiro atoms. The van der Waals surface area contributed by atoms with Gasteiger partial charge in [0.15, 0.2) is 0 Å². The van der Waals surface area contributed by atoms with Gasteiger partial charge in [0.05, 0.1) is 12.0 Å². The molecule has 1 aliphatic carbocycles. The van der Waals surface area contributed by atoms with E-state index >= 15 is 0 Å². The Kier molecular flexibility index (Phi) is 10.7. The van der Waals surface area contributed by atoms with Gasteiger partial charge in [0.25, 0.3) is 17.0 Å². The zero-order valence-electron chi connectivity index (χ0n) is 23.2. The molecule has 1 saturated carbocycles. The number of nitrogens with one attached hydrogen (secondary N) is 2. The van der Waals surface area contributed by atoms with Crippen LogP contribution < -0.4 is 10.6 Å². The first kappa shape index (κ1) is 30.3. The summed E-state index contributed by atoms with van der Waals surface area (Å²) in [5.41, 5.74) is -0.0794. The number of carbonyl (C=O) groups excluding carboxylic acids is 4. The van der Waals surface area contributed by atoms with E-state index in [0.29, 0.717) is 24.8 Å². The number of Topliss-reactive ketones (excluding diaryl/α,β-unsaturated/α-hetero) is 1. The Morgan fingerprint density at radius 2 is 1.77 bits per heavy atom. The Hall–Kier alpha value is -3.21. The molecule has 39 heavy (non-hydrogen) atoms. The second kappa shape index (κ2) is 13.7. The zero-order valence-corrected chi connectivity index (χ0v) is 24.0. The number of hydrogen-bond donors (Lipinski definition) is 2. The summed E-state index contributed by atoms with van der Waals surface area (Å²) in [6, 6.07) is 7.69. The zero-order chi connectivity index (χ0) is 28.6. The lowest BCUT2D eigenvalue weighted by atomic mass is 9.83. The molecule has 1 aromatic heterocycles. The van der Waals surface area contributed by atoms with Crippen molar-refractivity contribution in [3.63, 3.8) is 0 Å². The molecule has 3 atom stereocenters. The van der Waals surface area contributed by atoms with Gasteiger partial charge in [0, 0.05) is 11.6 Å². The number of ketones is 1. The van der Waals surface area contributed by atoms with E-state index in [2.05, 4.69) is 20.8 Å². The van der Waals surface area contributed by atoms with Crippen LogP contribution in [0.15, 0.2) is 40.0 Å². The van der Waals surface area contributed by atoms with E-state index in [1.165, 1.54) is 0 Å². The van der Waals surface area contributed by atoms with E-state index in [1.807, 2.05) is 19.9 Å². The van der Waals surface area contributed by atoms with Crippen LogP contribution in [0.3, 0.4) is 0 Å². The van der Waals surface area contributed by atoms with Gasteiger partial charge in [-0.1, -0.05) is 56.7 Å². The fourth-order valence-corrected chi connectivity index (χ4v) is 4.99. The molecule has 0 aliphatic heterocycles. The summed E-state index contributed by atoms with van der Waals surface area (Å²) in [6.07, 6.45) is 3.44. The summed E-state index contributed by atoms with van der Waals surface area (Å²) in [4.78, 5) is 51.4. The highest BCUT2D eigenvalue weighted by molar-refractivity contribution is 7.99. The number of benzene rings is 1. The standard InChI is InChI=1S/C28H38N4O6S/c1-17(2)15-21(23(34)26-31-32-27(37-26)39-16-22(33)38-28(3,4)5)30-25(36)19-13-9-10-14-20(19)29-24(35)18-11-7-6-8-12-18/h6-8,11-12,17,19-21H,9-10,13-16H2,1-5H3,(H,29,35)(H,30,36)/t19-,20+,21+/m1/s1. The van der Waals surface area contributed by atoms with Crippen molar-refractivity contribution in [2.75, 3.05) is 5.75 Å². The van der Waals surface area contributed by atoms with E-state index in [0.717, 1.165) is 24.6 Å². The quantitative estimate of drug-likeness (QED) is 0.236. The molecule has 212 valence electrons. The number of aromatic nitrogens is 2. The van der Waals surface area contributed by atoms with E-state index in [9.17, 15) is 19.2 Å². The van der Waals surface area contributed by atoms with Crippen molar-refractivity contribution in [1.82, 2.24) is 20.8 Å². The molecule has 1 aliphatic rings. The van der Waals surface area contributed by atoms with Crippen LogP contribution in [0.4, 0.5) is 0 Å². The fourth-order valence-electron chi connectivity index (χ4n) is 4.45. The molecular formula is C28H38N4O6S. The third-order valence-corrected chi connectivity index (χ3v) is 6.94. The SMILES string of the molecule is CC(C)C[C@H](NC(=O)[C@@H]1CCCC[C@@H]1NC(=O)c1ccccc1)C(=O)c1nnc(SCC(=O)OC(C)(C)C)o1. The molecule has 11 heteroatoms. The second-order valence-electron chi connectivity index (χ2n) is 11.1. The lowest BCUT2D eigenvalue weighted by Crippen LogP contribution is -2.52. The number of hydrogen-bond acceptors (Lipinski definition) is 9. The maximum atomic E-state index is 13.4. The van der Waals surface area contributed by atoms with Gasteiger partial charge in [-0.2, -0.15) is 0 Å². The average molecular weight is 559 g/mol. The van der Waals surface area contributed by atoms with Crippen molar-refractivity contribution in [2.24, 2.45) is 11.8 Å². The minimum atomic E-state index is -0.867. The predicted molar refractivity (Wildman–Crippen MR) is 146 cm³/mol. The fraction of sp³-hybridized carbons (Fsp3) is 0.571. The molecule has 10 nitrogen and oxygen atoms in total. The summed E-state index contributed by atoms with van der Waals surface area (Å²) in [6.45, 7) is 9.22.